The van der Waals surface area contributed by atoms with Gasteiger partial charge in [0, 0.05) is 29.1 Å². The zero-order valence-corrected chi connectivity index (χ0v) is 16.9. The van der Waals surface area contributed by atoms with Gasteiger partial charge in [0.15, 0.2) is 5.78 Å². The number of anilines is 1. The molecule has 31 heavy (non-hydrogen) atoms. The summed E-state index contributed by atoms with van der Waals surface area (Å²) in [6, 6.07) is 31.5. The number of benzene rings is 3. The molecular formula is C27H21N3O. The van der Waals surface area contributed by atoms with E-state index in [0.717, 1.165) is 33.1 Å². The van der Waals surface area contributed by atoms with Crippen molar-refractivity contribution in [1.82, 2.24) is 9.97 Å². The van der Waals surface area contributed by atoms with Crippen molar-refractivity contribution in [3.8, 4) is 0 Å². The Morgan fingerprint density at radius 3 is 2.48 bits per heavy atom. The van der Waals surface area contributed by atoms with Crippen molar-refractivity contribution in [3.63, 3.8) is 0 Å². The van der Waals surface area contributed by atoms with Crippen LogP contribution < -0.4 is 5.32 Å². The molecule has 0 saturated heterocycles. The standard InChI is InChI=1S/C27H21N3O/c31-27(25-14-12-20-9-4-5-11-24(20)30-25)18-26(19-7-2-1-3-8-19)29-22-13-15-23-21(17-22)10-6-16-28-23/h1-17,26,29H,18H2. The minimum atomic E-state index is -0.170. The maximum Gasteiger partial charge on any atom is 0.183 e. The Kier molecular flexibility index (Phi) is 5.11. The normalized spacial score (nSPS) is 12.0. The first-order chi connectivity index (χ1) is 15.3. The highest BCUT2D eigenvalue weighted by Gasteiger charge is 2.18. The monoisotopic (exact) mass is 403 g/mol. The molecule has 5 aromatic rings. The SMILES string of the molecule is O=C(CC(Nc1ccc2ncccc2c1)c1ccccc1)c1ccc2ccccc2n1. The van der Waals surface area contributed by atoms with Gasteiger partial charge >= 0.3 is 0 Å². The van der Waals surface area contributed by atoms with Crippen LogP contribution in [0.25, 0.3) is 21.8 Å². The van der Waals surface area contributed by atoms with E-state index in [9.17, 15) is 4.79 Å². The summed E-state index contributed by atoms with van der Waals surface area (Å²) >= 11 is 0. The second-order valence-corrected chi connectivity index (χ2v) is 7.53. The third kappa shape index (κ3) is 4.14. The quantitative estimate of drug-likeness (QED) is 0.343. The average molecular weight is 403 g/mol. The van der Waals surface area contributed by atoms with Gasteiger partial charge in [-0.15, -0.1) is 0 Å². The van der Waals surface area contributed by atoms with Crippen molar-refractivity contribution >= 4 is 33.3 Å². The molecule has 0 aliphatic rings. The molecule has 1 atom stereocenters. The Bertz CT molecular complexity index is 1360. The van der Waals surface area contributed by atoms with Crippen LogP contribution in [0.3, 0.4) is 0 Å². The number of nitrogens with one attached hydrogen (secondary N) is 1. The van der Waals surface area contributed by atoms with E-state index in [1.165, 1.54) is 0 Å². The first kappa shape index (κ1) is 18.9. The first-order valence-electron chi connectivity index (χ1n) is 10.3. The molecule has 1 unspecified atom stereocenters. The van der Waals surface area contributed by atoms with Crippen LogP contribution in [0, 0.1) is 0 Å². The van der Waals surface area contributed by atoms with Gasteiger partial charge in [-0.1, -0.05) is 60.7 Å². The molecule has 0 spiro atoms. The van der Waals surface area contributed by atoms with Crippen LogP contribution in [0.15, 0.2) is 103 Å². The van der Waals surface area contributed by atoms with Gasteiger partial charge in [-0.25, -0.2) is 4.98 Å². The van der Waals surface area contributed by atoms with Crippen molar-refractivity contribution in [2.24, 2.45) is 0 Å². The molecule has 0 fully saturated rings. The number of para-hydroxylation sites is 1. The van der Waals surface area contributed by atoms with Crippen LogP contribution in [0.1, 0.15) is 28.5 Å². The number of hydrogen-bond donors (Lipinski definition) is 1. The van der Waals surface area contributed by atoms with Crippen molar-refractivity contribution in [1.29, 1.82) is 0 Å². The van der Waals surface area contributed by atoms with E-state index in [2.05, 4.69) is 21.4 Å². The largest absolute Gasteiger partial charge is 0.378 e. The van der Waals surface area contributed by atoms with Gasteiger partial charge in [-0.3, -0.25) is 9.78 Å². The molecule has 5 rings (SSSR count). The van der Waals surface area contributed by atoms with E-state index in [-0.39, 0.29) is 11.8 Å². The minimum Gasteiger partial charge on any atom is -0.378 e. The van der Waals surface area contributed by atoms with Gasteiger partial charge in [0.25, 0.3) is 0 Å². The summed E-state index contributed by atoms with van der Waals surface area (Å²) in [4.78, 5) is 22.1. The summed E-state index contributed by atoms with van der Waals surface area (Å²) in [6.45, 7) is 0. The van der Waals surface area contributed by atoms with Gasteiger partial charge in [-0.05, 0) is 42.0 Å². The Balaban J connectivity index is 1.44. The smallest absolute Gasteiger partial charge is 0.183 e. The highest BCUT2D eigenvalue weighted by atomic mass is 16.1. The predicted octanol–water partition coefficient (Wildman–Crippen LogP) is 6.21. The average Bonchev–Trinajstić information content (AvgIpc) is 2.83. The fourth-order valence-corrected chi connectivity index (χ4v) is 3.82. The van der Waals surface area contributed by atoms with Gasteiger partial charge in [-0.2, -0.15) is 0 Å². The molecule has 0 aliphatic carbocycles. The summed E-state index contributed by atoms with van der Waals surface area (Å²) in [5.41, 5.74) is 4.28. The van der Waals surface area contributed by atoms with Gasteiger partial charge in [0.05, 0.1) is 17.1 Å². The highest BCUT2D eigenvalue weighted by Crippen LogP contribution is 2.26. The Hall–Kier alpha value is -4.05. The molecule has 4 nitrogen and oxygen atoms in total. The fraction of sp³-hybridized carbons (Fsp3) is 0.0741. The number of carbonyl (C=O) groups excluding carboxylic acids is 1. The van der Waals surface area contributed by atoms with Crippen LogP contribution in [-0.4, -0.2) is 15.8 Å². The van der Waals surface area contributed by atoms with E-state index in [1.54, 1.807) is 6.20 Å². The number of fused-ring (bicyclic) bond motifs is 2. The van der Waals surface area contributed by atoms with Crippen molar-refractivity contribution in [2.45, 2.75) is 12.5 Å². The highest BCUT2D eigenvalue weighted by molar-refractivity contribution is 5.97. The van der Waals surface area contributed by atoms with E-state index in [4.69, 9.17) is 0 Å². The van der Waals surface area contributed by atoms with Crippen LogP contribution in [0.4, 0.5) is 5.69 Å². The molecule has 1 N–H and O–H groups in total. The molecule has 0 amide bonds. The fourth-order valence-electron chi connectivity index (χ4n) is 3.82. The number of ketones is 1. The van der Waals surface area contributed by atoms with Crippen LogP contribution in [0.2, 0.25) is 0 Å². The summed E-state index contributed by atoms with van der Waals surface area (Å²) < 4.78 is 0. The summed E-state index contributed by atoms with van der Waals surface area (Å²) in [7, 11) is 0. The molecule has 2 heterocycles. The number of aromatic nitrogens is 2. The maximum absolute atomic E-state index is 13.2. The van der Waals surface area contributed by atoms with Gasteiger partial charge in [0.1, 0.15) is 5.69 Å². The molecular weight excluding hydrogens is 382 g/mol. The number of hydrogen-bond acceptors (Lipinski definition) is 4. The molecule has 3 aromatic carbocycles. The predicted molar refractivity (Wildman–Crippen MR) is 125 cm³/mol. The minimum absolute atomic E-state index is 0.00885. The summed E-state index contributed by atoms with van der Waals surface area (Å²) in [6.07, 6.45) is 2.10. The van der Waals surface area contributed by atoms with Crippen LogP contribution in [-0.2, 0) is 0 Å². The number of pyridine rings is 2. The molecule has 0 bridgehead atoms. The number of rotatable bonds is 6. The lowest BCUT2D eigenvalue weighted by molar-refractivity contribution is 0.0972. The molecule has 4 heteroatoms. The third-order valence-corrected chi connectivity index (χ3v) is 5.42. The topological polar surface area (TPSA) is 54.9 Å². The van der Waals surface area contributed by atoms with Crippen LogP contribution >= 0.6 is 0 Å². The molecule has 0 saturated carbocycles. The summed E-state index contributed by atoms with van der Waals surface area (Å²) in [5.74, 6) is 0.00885. The number of carbonyl (C=O) groups is 1. The lowest BCUT2D eigenvalue weighted by Crippen LogP contribution is -2.16. The number of nitrogens with zero attached hydrogens (tertiary/aromatic N) is 2. The van der Waals surface area contributed by atoms with Gasteiger partial charge < -0.3 is 5.32 Å². The van der Waals surface area contributed by atoms with Crippen molar-refractivity contribution < 1.29 is 4.79 Å². The lowest BCUT2D eigenvalue weighted by atomic mass is 9.99. The zero-order valence-electron chi connectivity index (χ0n) is 16.9. The lowest BCUT2D eigenvalue weighted by Gasteiger charge is -2.20. The van der Waals surface area contributed by atoms with Crippen molar-refractivity contribution in [3.05, 3.63) is 115 Å². The zero-order chi connectivity index (χ0) is 21.0. The molecule has 0 radical (unpaired) electrons. The Morgan fingerprint density at radius 1 is 0.774 bits per heavy atom. The van der Waals surface area contributed by atoms with E-state index in [1.807, 2.05) is 91.0 Å². The second-order valence-electron chi connectivity index (χ2n) is 7.53. The Labute approximate surface area is 180 Å². The second kappa shape index (κ2) is 8.36. The van der Waals surface area contributed by atoms with E-state index >= 15 is 0 Å². The third-order valence-electron chi connectivity index (χ3n) is 5.42. The van der Waals surface area contributed by atoms with Gasteiger partial charge in [0.2, 0.25) is 0 Å². The molecule has 0 aliphatic heterocycles. The van der Waals surface area contributed by atoms with Crippen molar-refractivity contribution in [2.75, 3.05) is 5.32 Å². The summed E-state index contributed by atoms with van der Waals surface area (Å²) in [5, 5.41) is 5.64. The van der Waals surface area contributed by atoms with E-state index < -0.39 is 0 Å². The maximum atomic E-state index is 13.2. The first-order valence-corrected chi connectivity index (χ1v) is 10.3. The molecule has 2 aromatic heterocycles. The number of Topliss-reactive ketones (excluding diaryl/α,β-unsaturated/α-hetero) is 1. The Morgan fingerprint density at radius 2 is 1.58 bits per heavy atom. The van der Waals surface area contributed by atoms with E-state index in [0.29, 0.717) is 12.1 Å². The van der Waals surface area contributed by atoms with Crippen LogP contribution in [0.5, 0.6) is 0 Å². The molecule has 150 valence electrons.